The van der Waals surface area contributed by atoms with Gasteiger partial charge in [-0.15, -0.1) is 0 Å². The lowest BCUT2D eigenvalue weighted by Crippen LogP contribution is -2.16. The molecule has 1 unspecified atom stereocenters. The summed E-state index contributed by atoms with van der Waals surface area (Å²) in [5, 5.41) is 0.324. The first kappa shape index (κ1) is 12.9. The number of rotatable bonds is 2. The average Bonchev–Trinajstić information content (AvgIpc) is 2.36. The molecule has 0 saturated carbocycles. The van der Waals surface area contributed by atoms with E-state index in [9.17, 15) is 8.78 Å². The Morgan fingerprint density at radius 2 is 1.94 bits per heavy atom. The Balaban J connectivity index is 2.50. The fraction of sp³-hybridized carbons (Fsp3) is 0.154. The predicted molar refractivity (Wildman–Crippen MR) is 66.4 cm³/mol. The summed E-state index contributed by atoms with van der Waals surface area (Å²) < 4.78 is 27.3. The lowest BCUT2D eigenvalue weighted by Gasteiger charge is -2.14. The summed E-state index contributed by atoms with van der Waals surface area (Å²) >= 11 is 5.93. The van der Waals surface area contributed by atoms with Gasteiger partial charge in [-0.05, 0) is 24.6 Å². The molecule has 0 saturated heterocycles. The van der Waals surface area contributed by atoms with Gasteiger partial charge in [0.15, 0.2) is 11.6 Å². The summed E-state index contributed by atoms with van der Waals surface area (Å²) in [6.45, 7) is 1.49. The third kappa shape index (κ3) is 2.21. The lowest BCUT2D eigenvalue weighted by molar-refractivity contribution is 0.488. The minimum Gasteiger partial charge on any atom is -0.319 e. The van der Waals surface area contributed by atoms with Crippen molar-refractivity contribution >= 4 is 11.6 Å². The maximum absolute atomic E-state index is 13.8. The van der Waals surface area contributed by atoms with Gasteiger partial charge in [0.2, 0.25) is 0 Å². The Kier molecular flexibility index (Phi) is 3.59. The molecule has 94 valence electrons. The molecule has 1 heterocycles. The minimum atomic E-state index is -0.954. The van der Waals surface area contributed by atoms with Crippen molar-refractivity contribution in [2.75, 3.05) is 0 Å². The van der Waals surface area contributed by atoms with Crippen molar-refractivity contribution in [1.29, 1.82) is 0 Å². The largest absolute Gasteiger partial charge is 0.319 e. The van der Waals surface area contributed by atoms with E-state index in [4.69, 9.17) is 17.3 Å². The number of nitrogens with two attached hydrogens (primary N) is 1. The first-order valence-corrected chi connectivity index (χ1v) is 5.70. The Hall–Kier alpha value is -1.52. The van der Waals surface area contributed by atoms with Crippen molar-refractivity contribution in [2.45, 2.75) is 13.0 Å². The molecular formula is C13H11ClF2N2. The van der Waals surface area contributed by atoms with Gasteiger partial charge in [-0.25, -0.2) is 8.78 Å². The van der Waals surface area contributed by atoms with Crippen molar-refractivity contribution in [1.82, 2.24) is 4.98 Å². The van der Waals surface area contributed by atoms with E-state index in [2.05, 4.69) is 4.98 Å². The number of aromatic nitrogens is 1. The molecule has 0 aliphatic heterocycles. The van der Waals surface area contributed by atoms with E-state index in [-0.39, 0.29) is 11.1 Å². The van der Waals surface area contributed by atoms with Crippen molar-refractivity contribution in [3.63, 3.8) is 0 Å². The van der Waals surface area contributed by atoms with E-state index in [1.807, 2.05) is 0 Å². The fourth-order valence-corrected chi connectivity index (χ4v) is 1.91. The van der Waals surface area contributed by atoms with Crippen LogP contribution in [0.4, 0.5) is 8.78 Å². The van der Waals surface area contributed by atoms with Gasteiger partial charge in [0.25, 0.3) is 0 Å². The van der Waals surface area contributed by atoms with Gasteiger partial charge in [0.1, 0.15) is 0 Å². The molecule has 0 aliphatic carbocycles. The molecule has 0 spiro atoms. The molecule has 2 nitrogen and oxygen atoms in total. The van der Waals surface area contributed by atoms with E-state index in [0.717, 1.165) is 0 Å². The lowest BCUT2D eigenvalue weighted by atomic mass is 10.0. The summed E-state index contributed by atoms with van der Waals surface area (Å²) in [6.07, 6.45) is 1.50. The first-order chi connectivity index (χ1) is 8.52. The van der Waals surface area contributed by atoms with Gasteiger partial charge in [0, 0.05) is 11.8 Å². The van der Waals surface area contributed by atoms with E-state index < -0.39 is 17.7 Å². The number of benzene rings is 1. The van der Waals surface area contributed by atoms with Crippen LogP contribution in [0.15, 0.2) is 30.5 Å². The van der Waals surface area contributed by atoms with Crippen molar-refractivity contribution < 1.29 is 8.78 Å². The first-order valence-electron chi connectivity index (χ1n) is 5.33. The van der Waals surface area contributed by atoms with E-state index in [1.54, 1.807) is 12.1 Å². The molecule has 18 heavy (non-hydrogen) atoms. The normalized spacial score (nSPS) is 12.5. The zero-order chi connectivity index (χ0) is 13.3. The Morgan fingerprint density at radius 3 is 2.61 bits per heavy atom. The zero-order valence-electron chi connectivity index (χ0n) is 9.62. The minimum absolute atomic E-state index is 0.0405. The van der Waals surface area contributed by atoms with Crippen LogP contribution in [0.5, 0.6) is 0 Å². The van der Waals surface area contributed by atoms with Crippen LogP contribution in [0.1, 0.15) is 22.9 Å². The van der Waals surface area contributed by atoms with Gasteiger partial charge in [-0.1, -0.05) is 23.7 Å². The van der Waals surface area contributed by atoms with Crippen molar-refractivity contribution in [3.05, 3.63) is 63.9 Å². The van der Waals surface area contributed by atoms with Crippen LogP contribution in [-0.4, -0.2) is 4.98 Å². The van der Waals surface area contributed by atoms with E-state index in [0.29, 0.717) is 10.7 Å². The number of aryl methyl sites for hydroxylation is 1. The van der Waals surface area contributed by atoms with Gasteiger partial charge < -0.3 is 5.73 Å². The van der Waals surface area contributed by atoms with Gasteiger partial charge >= 0.3 is 0 Å². The number of halogens is 3. The molecule has 1 atom stereocenters. The number of nitrogens with zero attached hydrogens (tertiary/aromatic N) is 1. The third-order valence-electron chi connectivity index (χ3n) is 2.72. The van der Waals surface area contributed by atoms with Crippen molar-refractivity contribution in [2.24, 2.45) is 5.73 Å². The molecule has 5 heteroatoms. The maximum atomic E-state index is 13.8. The molecule has 2 aromatic rings. The highest BCUT2D eigenvalue weighted by molar-refractivity contribution is 6.31. The second-order valence-electron chi connectivity index (χ2n) is 3.95. The standard InChI is InChI=1S/C13H11ClF2N2/c1-7-4-5-8(11(16)10(7)15)12(17)13-9(14)3-2-6-18-13/h2-6,12H,17H2,1H3. The summed E-state index contributed by atoms with van der Waals surface area (Å²) in [7, 11) is 0. The molecule has 1 aromatic heterocycles. The summed E-state index contributed by atoms with van der Waals surface area (Å²) in [5.41, 5.74) is 6.48. The molecule has 0 radical (unpaired) electrons. The average molecular weight is 269 g/mol. The van der Waals surface area contributed by atoms with Gasteiger partial charge in [0.05, 0.1) is 16.8 Å². The second-order valence-corrected chi connectivity index (χ2v) is 4.35. The van der Waals surface area contributed by atoms with Crippen LogP contribution >= 0.6 is 11.6 Å². The van der Waals surface area contributed by atoms with Crippen LogP contribution in [0.3, 0.4) is 0 Å². The molecule has 0 aliphatic rings. The molecule has 1 aromatic carbocycles. The summed E-state index contributed by atoms with van der Waals surface area (Å²) in [6, 6.07) is 5.28. The second kappa shape index (κ2) is 5.00. The van der Waals surface area contributed by atoms with Crippen molar-refractivity contribution in [3.8, 4) is 0 Å². The highest BCUT2D eigenvalue weighted by atomic mass is 35.5. The summed E-state index contributed by atoms with van der Waals surface area (Å²) in [4.78, 5) is 4.00. The maximum Gasteiger partial charge on any atom is 0.164 e. The zero-order valence-corrected chi connectivity index (χ0v) is 10.4. The van der Waals surface area contributed by atoms with Crippen LogP contribution in [0, 0.1) is 18.6 Å². The molecule has 0 amide bonds. The van der Waals surface area contributed by atoms with Crippen LogP contribution in [0.25, 0.3) is 0 Å². The fourth-order valence-electron chi connectivity index (χ4n) is 1.68. The quantitative estimate of drug-likeness (QED) is 0.907. The highest BCUT2D eigenvalue weighted by Gasteiger charge is 2.20. The third-order valence-corrected chi connectivity index (χ3v) is 3.04. The topological polar surface area (TPSA) is 38.9 Å². The highest BCUT2D eigenvalue weighted by Crippen LogP contribution is 2.27. The van der Waals surface area contributed by atoms with Crippen LogP contribution in [-0.2, 0) is 0 Å². The monoisotopic (exact) mass is 268 g/mol. The van der Waals surface area contributed by atoms with Gasteiger partial charge in [-0.3, -0.25) is 4.98 Å². The Bertz CT molecular complexity index is 587. The predicted octanol–water partition coefficient (Wildman–Crippen LogP) is 3.37. The van der Waals surface area contributed by atoms with Crippen LogP contribution < -0.4 is 5.73 Å². The van der Waals surface area contributed by atoms with E-state index in [1.165, 1.54) is 25.3 Å². The number of hydrogen-bond acceptors (Lipinski definition) is 2. The Morgan fingerprint density at radius 1 is 1.22 bits per heavy atom. The molecule has 0 fully saturated rings. The molecule has 2 rings (SSSR count). The van der Waals surface area contributed by atoms with Crippen LogP contribution in [0.2, 0.25) is 5.02 Å². The summed E-state index contributed by atoms with van der Waals surface area (Å²) in [5.74, 6) is -1.85. The Labute approximate surface area is 108 Å². The van der Waals surface area contributed by atoms with Gasteiger partial charge in [-0.2, -0.15) is 0 Å². The molecule has 2 N–H and O–H groups in total. The smallest absolute Gasteiger partial charge is 0.164 e. The van der Waals surface area contributed by atoms with E-state index >= 15 is 0 Å². The number of hydrogen-bond donors (Lipinski definition) is 1. The molecular weight excluding hydrogens is 258 g/mol. The number of pyridine rings is 1. The molecule has 0 bridgehead atoms. The SMILES string of the molecule is Cc1ccc(C(N)c2ncccc2Cl)c(F)c1F.